The quantitative estimate of drug-likeness (QED) is 0.769. The van der Waals surface area contributed by atoms with Gasteiger partial charge in [-0.25, -0.2) is 4.79 Å². The van der Waals surface area contributed by atoms with Crippen LogP contribution in [-0.2, 0) is 0 Å². The van der Waals surface area contributed by atoms with E-state index in [1.807, 2.05) is 16.8 Å². The first-order valence-corrected chi connectivity index (χ1v) is 7.06. The molecule has 1 unspecified atom stereocenters. The van der Waals surface area contributed by atoms with Gasteiger partial charge in [-0.2, -0.15) is 0 Å². The molecule has 18 heavy (non-hydrogen) atoms. The summed E-state index contributed by atoms with van der Waals surface area (Å²) in [4.78, 5) is 18.5. The molecule has 104 valence electrons. The zero-order chi connectivity index (χ0) is 13.0. The Morgan fingerprint density at radius 1 is 1.33 bits per heavy atom. The predicted molar refractivity (Wildman–Crippen MR) is 72.7 cm³/mol. The summed E-state index contributed by atoms with van der Waals surface area (Å²) in [5, 5.41) is 3.28. The van der Waals surface area contributed by atoms with Crippen molar-refractivity contribution in [1.29, 1.82) is 0 Å². The average Bonchev–Trinajstić information content (AvgIpc) is 2.39. The Bertz CT molecular complexity index is 278. The Hall–Kier alpha value is -0.810. The highest BCUT2D eigenvalue weighted by molar-refractivity contribution is 5.74. The van der Waals surface area contributed by atoms with Crippen molar-refractivity contribution in [2.75, 3.05) is 59.9 Å². The fraction of sp³-hybridized carbons (Fsp3) is 0.923. The number of piperidine rings is 1. The number of carbonyl (C=O) groups excluding carboxylic acids is 1. The highest BCUT2D eigenvalue weighted by Gasteiger charge is 2.24. The van der Waals surface area contributed by atoms with Gasteiger partial charge in [-0.05, 0) is 32.4 Å². The van der Waals surface area contributed by atoms with Crippen molar-refractivity contribution in [3.8, 4) is 0 Å². The molecule has 2 aliphatic rings. The fourth-order valence-corrected chi connectivity index (χ4v) is 2.99. The van der Waals surface area contributed by atoms with Crippen LogP contribution in [0.2, 0.25) is 0 Å². The van der Waals surface area contributed by atoms with Crippen LogP contribution in [0.3, 0.4) is 0 Å². The van der Waals surface area contributed by atoms with Crippen molar-refractivity contribution >= 4 is 6.03 Å². The number of hydrogen-bond acceptors (Lipinski definition) is 3. The second-order valence-electron chi connectivity index (χ2n) is 5.67. The van der Waals surface area contributed by atoms with Crippen LogP contribution < -0.4 is 5.32 Å². The van der Waals surface area contributed by atoms with Gasteiger partial charge in [0.1, 0.15) is 0 Å². The molecular formula is C13H26N4O. The van der Waals surface area contributed by atoms with Crippen molar-refractivity contribution in [3.05, 3.63) is 0 Å². The van der Waals surface area contributed by atoms with Gasteiger partial charge in [0.2, 0.25) is 0 Å². The molecule has 2 saturated heterocycles. The normalized spacial score (nSPS) is 26.1. The standard InChI is InChI=1S/C13H26N4O/c1-15-7-3-4-12(10-15)11-16(2)13(18)17-8-5-14-6-9-17/h12,14H,3-11H2,1-2H3. The van der Waals surface area contributed by atoms with E-state index in [0.29, 0.717) is 5.92 Å². The third-order valence-electron chi connectivity index (χ3n) is 3.97. The molecule has 5 heteroatoms. The summed E-state index contributed by atoms with van der Waals surface area (Å²) in [5.74, 6) is 0.639. The zero-order valence-corrected chi connectivity index (χ0v) is 11.7. The molecule has 0 bridgehead atoms. The van der Waals surface area contributed by atoms with Crippen LogP contribution in [-0.4, -0.2) is 80.6 Å². The van der Waals surface area contributed by atoms with E-state index in [4.69, 9.17) is 0 Å². The summed E-state index contributed by atoms with van der Waals surface area (Å²) in [6.45, 7) is 6.75. The summed E-state index contributed by atoms with van der Waals surface area (Å²) in [7, 11) is 4.11. The number of nitrogens with zero attached hydrogens (tertiary/aromatic N) is 3. The molecule has 1 atom stereocenters. The second-order valence-corrected chi connectivity index (χ2v) is 5.67. The molecule has 2 fully saturated rings. The molecule has 0 aliphatic carbocycles. The van der Waals surface area contributed by atoms with Gasteiger partial charge >= 0.3 is 6.03 Å². The molecule has 0 aromatic heterocycles. The molecule has 0 saturated carbocycles. The lowest BCUT2D eigenvalue weighted by molar-refractivity contribution is 0.133. The molecule has 0 aromatic rings. The minimum atomic E-state index is 0.199. The van der Waals surface area contributed by atoms with Crippen LogP contribution in [0.4, 0.5) is 4.79 Å². The maximum absolute atomic E-state index is 12.3. The Labute approximate surface area is 110 Å². The molecule has 2 heterocycles. The highest BCUT2D eigenvalue weighted by atomic mass is 16.2. The van der Waals surface area contributed by atoms with Crippen LogP contribution in [0.15, 0.2) is 0 Å². The van der Waals surface area contributed by atoms with Gasteiger partial charge in [0.15, 0.2) is 0 Å². The van der Waals surface area contributed by atoms with Crippen molar-refractivity contribution in [2.24, 2.45) is 5.92 Å². The SMILES string of the molecule is CN1CCCC(CN(C)C(=O)N2CCNCC2)C1. The number of nitrogens with one attached hydrogen (secondary N) is 1. The van der Waals surface area contributed by atoms with E-state index >= 15 is 0 Å². The Morgan fingerprint density at radius 2 is 2.06 bits per heavy atom. The molecule has 1 N–H and O–H groups in total. The molecule has 2 aliphatic heterocycles. The molecule has 2 rings (SSSR count). The summed E-state index contributed by atoms with van der Waals surface area (Å²) in [6.07, 6.45) is 2.51. The highest BCUT2D eigenvalue weighted by Crippen LogP contribution is 2.16. The zero-order valence-electron chi connectivity index (χ0n) is 11.7. The third kappa shape index (κ3) is 3.59. The Kier molecular flexibility index (Phi) is 4.83. The first-order chi connectivity index (χ1) is 8.66. The molecule has 5 nitrogen and oxygen atoms in total. The van der Waals surface area contributed by atoms with Crippen molar-refractivity contribution in [1.82, 2.24) is 20.0 Å². The predicted octanol–water partition coefficient (Wildman–Crippen LogP) is 0.285. The van der Waals surface area contributed by atoms with E-state index in [1.54, 1.807) is 0 Å². The lowest BCUT2D eigenvalue weighted by Gasteiger charge is -2.35. The van der Waals surface area contributed by atoms with Gasteiger partial charge in [0.05, 0.1) is 0 Å². The molecule has 0 aromatic carbocycles. The van der Waals surface area contributed by atoms with E-state index in [1.165, 1.54) is 19.4 Å². The van der Waals surface area contributed by atoms with Gasteiger partial charge in [-0.1, -0.05) is 0 Å². The van der Waals surface area contributed by atoms with Crippen molar-refractivity contribution in [3.63, 3.8) is 0 Å². The molecule has 0 spiro atoms. The number of carbonyl (C=O) groups is 1. The van der Waals surface area contributed by atoms with Crippen LogP contribution in [0, 0.1) is 5.92 Å². The van der Waals surface area contributed by atoms with Crippen LogP contribution >= 0.6 is 0 Å². The van der Waals surface area contributed by atoms with Gasteiger partial charge < -0.3 is 20.0 Å². The number of rotatable bonds is 2. The average molecular weight is 254 g/mol. The summed E-state index contributed by atoms with van der Waals surface area (Å²) in [6, 6.07) is 0.199. The largest absolute Gasteiger partial charge is 0.327 e. The number of amides is 2. The summed E-state index contributed by atoms with van der Waals surface area (Å²) >= 11 is 0. The smallest absolute Gasteiger partial charge is 0.319 e. The second kappa shape index (κ2) is 6.38. The summed E-state index contributed by atoms with van der Waals surface area (Å²) in [5.41, 5.74) is 0. The first kappa shape index (κ1) is 13.6. The number of likely N-dealkylation sites (tertiary alicyclic amines) is 1. The minimum absolute atomic E-state index is 0.199. The lowest BCUT2D eigenvalue weighted by atomic mass is 9.98. The number of piperazine rings is 1. The van der Waals surface area contributed by atoms with Gasteiger partial charge in [0.25, 0.3) is 0 Å². The third-order valence-corrected chi connectivity index (χ3v) is 3.97. The van der Waals surface area contributed by atoms with Crippen LogP contribution in [0.1, 0.15) is 12.8 Å². The topological polar surface area (TPSA) is 38.8 Å². The Balaban J connectivity index is 1.79. The van der Waals surface area contributed by atoms with Gasteiger partial charge in [-0.15, -0.1) is 0 Å². The van der Waals surface area contributed by atoms with E-state index in [9.17, 15) is 4.79 Å². The molecule has 2 amide bonds. The van der Waals surface area contributed by atoms with Crippen molar-refractivity contribution < 1.29 is 4.79 Å². The Morgan fingerprint density at radius 3 is 2.72 bits per heavy atom. The van der Waals surface area contributed by atoms with Gasteiger partial charge in [0, 0.05) is 46.3 Å². The maximum atomic E-state index is 12.3. The van der Waals surface area contributed by atoms with Crippen LogP contribution in [0.25, 0.3) is 0 Å². The number of hydrogen-bond donors (Lipinski definition) is 1. The molecule has 0 radical (unpaired) electrons. The lowest BCUT2D eigenvalue weighted by Crippen LogP contribution is -2.52. The van der Waals surface area contributed by atoms with E-state index in [-0.39, 0.29) is 6.03 Å². The monoisotopic (exact) mass is 254 g/mol. The maximum Gasteiger partial charge on any atom is 0.319 e. The number of urea groups is 1. The minimum Gasteiger partial charge on any atom is -0.327 e. The van der Waals surface area contributed by atoms with Gasteiger partial charge in [-0.3, -0.25) is 0 Å². The summed E-state index contributed by atoms with van der Waals surface area (Å²) < 4.78 is 0. The van der Waals surface area contributed by atoms with Crippen LogP contribution in [0.5, 0.6) is 0 Å². The van der Waals surface area contributed by atoms with Crippen molar-refractivity contribution in [2.45, 2.75) is 12.8 Å². The van der Waals surface area contributed by atoms with E-state index in [2.05, 4.69) is 17.3 Å². The van der Waals surface area contributed by atoms with E-state index < -0.39 is 0 Å². The first-order valence-electron chi connectivity index (χ1n) is 7.06. The van der Waals surface area contributed by atoms with E-state index in [0.717, 1.165) is 39.3 Å². The molecular weight excluding hydrogens is 228 g/mol. The fourth-order valence-electron chi connectivity index (χ4n) is 2.99.